The fourth-order valence-electron chi connectivity index (χ4n) is 0.818. The van der Waals surface area contributed by atoms with Crippen LogP contribution in [0.1, 0.15) is 5.69 Å². The molecule has 0 spiro atoms. The van der Waals surface area contributed by atoms with Crippen molar-refractivity contribution in [2.24, 2.45) is 5.73 Å². The lowest BCUT2D eigenvalue weighted by Crippen LogP contribution is -2.22. The minimum atomic E-state index is -0.203. The van der Waals surface area contributed by atoms with E-state index < -0.39 is 0 Å². The van der Waals surface area contributed by atoms with Gasteiger partial charge in [0.1, 0.15) is 0 Å². The third-order valence-electron chi connectivity index (χ3n) is 1.47. The molecule has 1 aromatic heterocycles. The predicted molar refractivity (Wildman–Crippen MR) is 46.7 cm³/mol. The first-order valence-corrected chi connectivity index (χ1v) is 3.65. The van der Waals surface area contributed by atoms with Gasteiger partial charge in [0.15, 0.2) is 0 Å². The van der Waals surface area contributed by atoms with Gasteiger partial charge in [-0.1, -0.05) is 0 Å². The molecule has 3 N–H and O–H groups in total. The van der Waals surface area contributed by atoms with Gasteiger partial charge in [0.05, 0.1) is 17.9 Å². The molecule has 0 radical (unpaired) electrons. The van der Waals surface area contributed by atoms with Crippen LogP contribution in [0.5, 0.6) is 0 Å². The quantitative estimate of drug-likeness (QED) is 0.661. The highest BCUT2D eigenvalue weighted by Gasteiger charge is 2.00. The van der Waals surface area contributed by atoms with Crippen LogP contribution >= 0.6 is 0 Å². The first-order valence-electron chi connectivity index (χ1n) is 3.65. The summed E-state index contributed by atoms with van der Waals surface area (Å²) in [6.07, 6.45) is 1.67. The van der Waals surface area contributed by atoms with Crippen LogP contribution in [0.4, 0.5) is 5.69 Å². The standard InChI is InChI=1S/C8H11N3O/c1-6-7(3-2-4-10-6)11-8(12)5-9/h2-4H,5,9H2,1H3,(H,11,12). The van der Waals surface area contributed by atoms with E-state index in [1.54, 1.807) is 18.3 Å². The monoisotopic (exact) mass is 165 g/mol. The zero-order valence-electron chi connectivity index (χ0n) is 6.87. The number of aromatic nitrogens is 1. The Morgan fingerprint density at radius 2 is 2.50 bits per heavy atom. The fraction of sp³-hybridized carbons (Fsp3) is 0.250. The molecule has 0 saturated heterocycles. The van der Waals surface area contributed by atoms with Crippen LogP contribution < -0.4 is 11.1 Å². The van der Waals surface area contributed by atoms with Crippen LogP contribution in [-0.4, -0.2) is 17.4 Å². The molecule has 4 nitrogen and oxygen atoms in total. The minimum Gasteiger partial charge on any atom is -0.323 e. The number of anilines is 1. The number of nitrogens with zero attached hydrogens (tertiary/aromatic N) is 1. The summed E-state index contributed by atoms with van der Waals surface area (Å²) in [5.74, 6) is -0.203. The molecule has 0 aliphatic heterocycles. The molecule has 12 heavy (non-hydrogen) atoms. The van der Waals surface area contributed by atoms with Crippen molar-refractivity contribution in [2.45, 2.75) is 6.92 Å². The van der Waals surface area contributed by atoms with E-state index in [4.69, 9.17) is 5.73 Å². The Bertz CT molecular complexity index is 285. The minimum absolute atomic E-state index is 0.00562. The van der Waals surface area contributed by atoms with Crippen LogP contribution in [-0.2, 0) is 4.79 Å². The topological polar surface area (TPSA) is 68.0 Å². The van der Waals surface area contributed by atoms with Crippen molar-refractivity contribution in [1.29, 1.82) is 0 Å². The number of pyridine rings is 1. The average Bonchev–Trinajstić information content (AvgIpc) is 2.09. The van der Waals surface area contributed by atoms with Gasteiger partial charge in [0.25, 0.3) is 0 Å². The molecule has 1 rings (SSSR count). The Kier molecular flexibility index (Phi) is 2.76. The van der Waals surface area contributed by atoms with Gasteiger partial charge in [-0.3, -0.25) is 9.78 Å². The maximum atomic E-state index is 10.9. The number of hydrogen-bond acceptors (Lipinski definition) is 3. The van der Waals surface area contributed by atoms with Crippen LogP contribution in [0.3, 0.4) is 0 Å². The van der Waals surface area contributed by atoms with E-state index in [0.717, 1.165) is 5.69 Å². The second-order valence-electron chi connectivity index (χ2n) is 2.39. The van der Waals surface area contributed by atoms with Crippen LogP contribution in [0.15, 0.2) is 18.3 Å². The van der Waals surface area contributed by atoms with E-state index in [1.165, 1.54) is 0 Å². The summed E-state index contributed by atoms with van der Waals surface area (Å²) < 4.78 is 0. The number of nitrogens with two attached hydrogens (primary N) is 1. The molecular weight excluding hydrogens is 154 g/mol. The number of carbonyl (C=O) groups excluding carboxylic acids is 1. The van der Waals surface area contributed by atoms with Crippen LogP contribution in [0.25, 0.3) is 0 Å². The number of hydrogen-bond donors (Lipinski definition) is 2. The van der Waals surface area contributed by atoms with Crippen molar-refractivity contribution >= 4 is 11.6 Å². The van der Waals surface area contributed by atoms with E-state index in [9.17, 15) is 4.79 Å². The van der Waals surface area contributed by atoms with Gasteiger partial charge in [-0.2, -0.15) is 0 Å². The zero-order valence-corrected chi connectivity index (χ0v) is 6.87. The largest absolute Gasteiger partial charge is 0.323 e. The Hall–Kier alpha value is -1.42. The molecular formula is C8H11N3O. The van der Waals surface area contributed by atoms with Gasteiger partial charge in [-0.15, -0.1) is 0 Å². The summed E-state index contributed by atoms with van der Waals surface area (Å²) >= 11 is 0. The molecule has 0 aliphatic carbocycles. The molecule has 0 aromatic carbocycles. The average molecular weight is 165 g/mol. The third-order valence-corrected chi connectivity index (χ3v) is 1.47. The van der Waals surface area contributed by atoms with E-state index in [2.05, 4.69) is 10.3 Å². The van der Waals surface area contributed by atoms with Crippen molar-refractivity contribution in [2.75, 3.05) is 11.9 Å². The van der Waals surface area contributed by atoms with Gasteiger partial charge in [-0.25, -0.2) is 0 Å². The van der Waals surface area contributed by atoms with Crippen molar-refractivity contribution in [3.8, 4) is 0 Å². The van der Waals surface area contributed by atoms with Gasteiger partial charge in [0.2, 0.25) is 5.91 Å². The highest BCUT2D eigenvalue weighted by molar-refractivity contribution is 5.92. The van der Waals surface area contributed by atoms with E-state index in [0.29, 0.717) is 5.69 Å². The highest BCUT2D eigenvalue weighted by atomic mass is 16.1. The summed E-state index contributed by atoms with van der Waals surface area (Å²) in [7, 11) is 0. The lowest BCUT2D eigenvalue weighted by Gasteiger charge is -2.04. The summed E-state index contributed by atoms with van der Waals surface area (Å²) in [6.45, 7) is 1.82. The van der Waals surface area contributed by atoms with Gasteiger partial charge in [-0.05, 0) is 19.1 Å². The molecule has 0 bridgehead atoms. The normalized spacial score (nSPS) is 9.50. The molecule has 1 heterocycles. The van der Waals surface area contributed by atoms with E-state index >= 15 is 0 Å². The van der Waals surface area contributed by atoms with Crippen molar-refractivity contribution in [3.63, 3.8) is 0 Å². The summed E-state index contributed by atoms with van der Waals surface area (Å²) in [6, 6.07) is 3.55. The highest BCUT2D eigenvalue weighted by Crippen LogP contribution is 2.09. The Morgan fingerprint density at radius 1 is 1.75 bits per heavy atom. The second kappa shape index (κ2) is 3.82. The molecule has 0 fully saturated rings. The number of carbonyl (C=O) groups is 1. The second-order valence-corrected chi connectivity index (χ2v) is 2.39. The molecule has 0 aliphatic rings. The fourth-order valence-corrected chi connectivity index (χ4v) is 0.818. The molecule has 64 valence electrons. The van der Waals surface area contributed by atoms with E-state index in [-0.39, 0.29) is 12.5 Å². The predicted octanol–water partition coefficient (Wildman–Crippen LogP) is 0.287. The number of nitrogens with one attached hydrogen (secondary N) is 1. The maximum Gasteiger partial charge on any atom is 0.238 e. The summed E-state index contributed by atoms with van der Waals surface area (Å²) in [5.41, 5.74) is 6.64. The van der Waals surface area contributed by atoms with Gasteiger partial charge < -0.3 is 11.1 Å². The first kappa shape index (κ1) is 8.67. The molecule has 1 amide bonds. The number of rotatable bonds is 2. The molecule has 1 aromatic rings. The van der Waals surface area contributed by atoms with Crippen LogP contribution in [0.2, 0.25) is 0 Å². The molecule has 4 heteroatoms. The van der Waals surface area contributed by atoms with Crippen molar-refractivity contribution in [1.82, 2.24) is 4.98 Å². The van der Waals surface area contributed by atoms with E-state index in [1.807, 2.05) is 6.92 Å². The molecule has 0 saturated carbocycles. The Labute approximate surface area is 70.8 Å². The maximum absolute atomic E-state index is 10.9. The molecule has 0 atom stereocenters. The van der Waals surface area contributed by atoms with Crippen molar-refractivity contribution in [3.05, 3.63) is 24.0 Å². The van der Waals surface area contributed by atoms with Crippen molar-refractivity contribution < 1.29 is 4.79 Å². The van der Waals surface area contributed by atoms with Gasteiger partial charge >= 0.3 is 0 Å². The number of amides is 1. The third kappa shape index (κ3) is 2.03. The summed E-state index contributed by atoms with van der Waals surface area (Å²) in [5, 5.41) is 2.63. The zero-order chi connectivity index (χ0) is 8.97. The number of aryl methyl sites for hydroxylation is 1. The Morgan fingerprint density at radius 3 is 3.08 bits per heavy atom. The lowest BCUT2D eigenvalue weighted by molar-refractivity contribution is -0.114. The summed E-state index contributed by atoms with van der Waals surface area (Å²) in [4.78, 5) is 14.9. The van der Waals surface area contributed by atoms with Gasteiger partial charge in [0, 0.05) is 6.20 Å². The van der Waals surface area contributed by atoms with Crippen LogP contribution in [0, 0.1) is 6.92 Å². The lowest BCUT2D eigenvalue weighted by atomic mass is 10.3. The molecule has 0 unspecified atom stereocenters. The SMILES string of the molecule is Cc1ncccc1NC(=O)CN. The Balaban J connectivity index is 2.75. The first-order chi connectivity index (χ1) is 5.74. The smallest absolute Gasteiger partial charge is 0.238 e.